The third kappa shape index (κ3) is 4.91. The van der Waals surface area contributed by atoms with Crippen molar-refractivity contribution < 1.29 is 18.7 Å². The van der Waals surface area contributed by atoms with E-state index in [4.69, 9.17) is 9.47 Å². The van der Waals surface area contributed by atoms with Crippen LogP contribution in [0.5, 0.6) is 0 Å². The lowest BCUT2D eigenvalue weighted by atomic mass is 9.78. The zero-order valence-electron chi connectivity index (χ0n) is 18.5. The molecule has 2 aliphatic heterocycles. The molecular formula is C21H33FN6O3. The lowest BCUT2D eigenvalue weighted by Gasteiger charge is -2.36. The smallest absolute Gasteiger partial charge is 0.409 e. The largest absolute Gasteiger partial charge is 0.450 e. The fourth-order valence-electron chi connectivity index (χ4n) is 4.81. The Morgan fingerprint density at radius 2 is 2.00 bits per heavy atom. The van der Waals surface area contributed by atoms with Gasteiger partial charge in [-0.05, 0) is 33.6 Å². The third-order valence-electron chi connectivity index (χ3n) is 6.33. The number of hydrogen-bond donors (Lipinski definition) is 2. The Bertz CT molecular complexity index is 760. The van der Waals surface area contributed by atoms with Gasteiger partial charge in [0, 0.05) is 44.2 Å². The van der Waals surface area contributed by atoms with Crippen LogP contribution in [-0.2, 0) is 9.47 Å². The molecule has 3 fully saturated rings. The molecule has 5 unspecified atom stereocenters. The molecule has 10 heteroatoms. The summed E-state index contributed by atoms with van der Waals surface area (Å²) in [4.78, 5) is 24.8. The Kier molecular flexibility index (Phi) is 6.88. The van der Waals surface area contributed by atoms with Crippen LogP contribution in [0, 0.1) is 5.92 Å². The number of nitrogens with zero attached hydrogens (tertiary/aromatic N) is 4. The summed E-state index contributed by atoms with van der Waals surface area (Å²) < 4.78 is 25.5. The molecule has 3 heterocycles. The van der Waals surface area contributed by atoms with E-state index in [-0.39, 0.29) is 36.3 Å². The Hall–Kier alpha value is -2.04. The first-order valence-corrected chi connectivity index (χ1v) is 11.3. The second-order valence-corrected chi connectivity index (χ2v) is 8.72. The van der Waals surface area contributed by atoms with Gasteiger partial charge in [-0.1, -0.05) is 0 Å². The van der Waals surface area contributed by atoms with Crippen molar-refractivity contribution in [3.8, 4) is 0 Å². The summed E-state index contributed by atoms with van der Waals surface area (Å²) in [5, 5.41) is 0. The van der Waals surface area contributed by atoms with E-state index in [2.05, 4.69) is 25.7 Å². The minimum absolute atomic E-state index is 0.000464. The molecule has 31 heavy (non-hydrogen) atoms. The van der Waals surface area contributed by atoms with E-state index in [0.29, 0.717) is 45.6 Å². The highest BCUT2D eigenvalue weighted by molar-refractivity contribution is 5.68. The number of nitrogens with one attached hydrogen (secondary N) is 2. The molecule has 9 nitrogen and oxygen atoms in total. The van der Waals surface area contributed by atoms with Gasteiger partial charge in [0.2, 0.25) is 0 Å². The number of hydrogen-bond acceptors (Lipinski definition) is 8. The van der Waals surface area contributed by atoms with Gasteiger partial charge in [-0.15, -0.1) is 0 Å². The van der Waals surface area contributed by atoms with Gasteiger partial charge < -0.3 is 19.3 Å². The normalized spacial score (nSPS) is 31.1. The number of rotatable bonds is 5. The highest BCUT2D eigenvalue weighted by atomic mass is 19.1. The van der Waals surface area contributed by atoms with Gasteiger partial charge in [0.15, 0.2) is 0 Å². The van der Waals surface area contributed by atoms with Gasteiger partial charge in [-0.25, -0.2) is 24.6 Å². The van der Waals surface area contributed by atoms with Crippen LogP contribution in [0.1, 0.15) is 45.3 Å². The van der Waals surface area contributed by atoms with Crippen molar-refractivity contribution in [1.82, 2.24) is 25.7 Å². The predicted molar refractivity (Wildman–Crippen MR) is 113 cm³/mol. The summed E-state index contributed by atoms with van der Waals surface area (Å²) >= 11 is 0. The van der Waals surface area contributed by atoms with Crippen molar-refractivity contribution in [3.05, 3.63) is 18.1 Å². The molecule has 0 radical (unpaired) electrons. The Labute approximate surface area is 182 Å². The number of carbonyl (C=O) groups excluding carboxylic acids is 1. The SMILES string of the molecule is CCOC(=O)N1CCN(c2cc(C3NNC4CC(F)C(OC(C)C)CC43)ncn2)CC1. The number of alkyl halides is 1. The molecule has 5 atom stereocenters. The monoisotopic (exact) mass is 436 g/mol. The second kappa shape index (κ2) is 9.62. The Morgan fingerprint density at radius 3 is 2.71 bits per heavy atom. The number of aromatic nitrogens is 2. The van der Waals surface area contributed by atoms with Crippen molar-refractivity contribution in [1.29, 1.82) is 0 Å². The fraction of sp³-hybridized carbons (Fsp3) is 0.762. The number of ether oxygens (including phenoxy) is 2. The first-order chi connectivity index (χ1) is 15.0. The summed E-state index contributed by atoms with van der Waals surface area (Å²) in [6.07, 6.45) is 1.04. The molecule has 0 spiro atoms. The van der Waals surface area contributed by atoms with E-state index in [1.807, 2.05) is 26.8 Å². The van der Waals surface area contributed by atoms with Gasteiger partial charge in [0.25, 0.3) is 0 Å². The van der Waals surface area contributed by atoms with Crippen molar-refractivity contribution in [3.63, 3.8) is 0 Å². The molecule has 4 rings (SSSR count). The quantitative estimate of drug-likeness (QED) is 0.722. The maximum atomic E-state index is 14.6. The van der Waals surface area contributed by atoms with E-state index in [0.717, 1.165) is 11.5 Å². The first kappa shape index (κ1) is 22.2. The van der Waals surface area contributed by atoms with Crippen LogP contribution in [0.15, 0.2) is 12.4 Å². The maximum Gasteiger partial charge on any atom is 0.409 e. The van der Waals surface area contributed by atoms with Crippen molar-refractivity contribution in [2.45, 2.75) is 64.1 Å². The molecule has 3 aliphatic rings. The Balaban J connectivity index is 1.42. The minimum atomic E-state index is -0.964. The van der Waals surface area contributed by atoms with Crippen LogP contribution >= 0.6 is 0 Å². The predicted octanol–water partition coefficient (Wildman–Crippen LogP) is 1.81. The fourth-order valence-corrected chi connectivity index (χ4v) is 4.81. The number of anilines is 1. The zero-order valence-corrected chi connectivity index (χ0v) is 18.5. The number of halogens is 1. The molecule has 1 aromatic rings. The standard InChI is InChI=1S/C21H33FN6O3/c1-4-30-21(29)28-7-5-27(6-8-28)19-11-17(23-12-24-19)20-14-9-18(31-13(2)3)15(22)10-16(14)25-26-20/h11-16,18,20,25-26H,4-10H2,1-3H3. The average molecular weight is 437 g/mol. The average Bonchev–Trinajstić information content (AvgIpc) is 3.16. The van der Waals surface area contributed by atoms with Crippen molar-refractivity contribution in [2.24, 2.45) is 5.92 Å². The second-order valence-electron chi connectivity index (χ2n) is 8.72. The molecule has 172 valence electrons. The first-order valence-electron chi connectivity index (χ1n) is 11.3. The van der Waals surface area contributed by atoms with Crippen molar-refractivity contribution >= 4 is 11.9 Å². The van der Waals surface area contributed by atoms with E-state index in [1.54, 1.807) is 11.2 Å². The Morgan fingerprint density at radius 1 is 1.23 bits per heavy atom. The molecular weight excluding hydrogens is 403 g/mol. The van der Waals surface area contributed by atoms with E-state index < -0.39 is 6.17 Å². The van der Waals surface area contributed by atoms with Gasteiger partial charge >= 0.3 is 6.09 Å². The zero-order chi connectivity index (χ0) is 22.0. The van der Waals surface area contributed by atoms with E-state index >= 15 is 0 Å². The van der Waals surface area contributed by atoms with Gasteiger partial charge in [0.1, 0.15) is 18.3 Å². The van der Waals surface area contributed by atoms with Crippen LogP contribution in [-0.4, -0.2) is 78.2 Å². The molecule has 1 aromatic heterocycles. The number of piperazine rings is 1. The van der Waals surface area contributed by atoms with Gasteiger partial charge in [-0.3, -0.25) is 5.43 Å². The summed E-state index contributed by atoms with van der Waals surface area (Å²) in [7, 11) is 0. The van der Waals surface area contributed by atoms with Crippen LogP contribution in [0.2, 0.25) is 0 Å². The molecule has 2 N–H and O–H groups in total. The minimum Gasteiger partial charge on any atom is -0.450 e. The highest BCUT2D eigenvalue weighted by Gasteiger charge is 2.46. The van der Waals surface area contributed by atoms with E-state index in [1.165, 1.54) is 0 Å². The maximum absolute atomic E-state index is 14.6. The molecule has 0 bridgehead atoms. The van der Waals surface area contributed by atoms with Crippen LogP contribution in [0.4, 0.5) is 15.0 Å². The molecule has 1 aliphatic carbocycles. The lowest BCUT2D eigenvalue weighted by molar-refractivity contribution is -0.0708. The number of amides is 1. The number of fused-ring (bicyclic) bond motifs is 1. The van der Waals surface area contributed by atoms with Crippen LogP contribution in [0.25, 0.3) is 0 Å². The van der Waals surface area contributed by atoms with Crippen molar-refractivity contribution in [2.75, 3.05) is 37.7 Å². The third-order valence-corrected chi connectivity index (χ3v) is 6.33. The topological polar surface area (TPSA) is 91.9 Å². The van der Waals surface area contributed by atoms with Gasteiger partial charge in [0.05, 0.1) is 30.6 Å². The summed E-state index contributed by atoms with van der Waals surface area (Å²) in [5.74, 6) is 1.03. The number of carbonyl (C=O) groups is 1. The lowest BCUT2D eigenvalue weighted by Crippen LogP contribution is -2.49. The molecule has 0 aromatic carbocycles. The van der Waals surface area contributed by atoms with Gasteiger partial charge in [-0.2, -0.15) is 0 Å². The van der Waals surface area contributed by atoms with E-state index in [9.17, 15) is 9.18 Å². The summed E-state index contributed by atoms with van der Waals surface area (Å²) in [6.45, 7) is 8.64. The van der Waals surface area contributed by atoms with Crippen LogP contribution < -0.4 is 15.8 Å². The molecule has 1 saturated carbocycles. The molecule has 2 saturated heterocycles. The summed E-state index contributed by atoms with van der Waals surface area (Å²) in [5.41, 5.74) is 7.48. The summed E-state index contributed by atoms with van der Waals surface area (Å²) in [6, 6.07) is 2.03. The highest BCUT2D eigenvalue weighted by Crippen LogP contribution is 2.40. The molecule has 1 amide bonds. The number of hydrazine groups is 1. The van der Waals surface area contributed by atoms with Crippen LogP contribution in [0.3, 0.4) is 0 Å².